The van der Waals surface area contributed by atoms with E-state index < -0.39 is 16.8 Å². The number of rotatable bonds is 4. The van der Waals surface area contributed by atoms with Crippen LogP contribution in [0.15, 0.2) is 12.3 Å². The Bertz CT molecular complexity index is 522. The average Bonchev–Trinajstić information content (AvgIpc) is 2.29. The molecule has 0 aliphatic heterocycles. The van der Waals surface area contributed by atoms with Crippen LogP contribution in [0.3, 0.4) is 0 Å². The van der Waals surface area contributed by atoms with E-state index >= 15 is 0 Å². The first-order valence-electron chi connectivity index (χ1n) is 5.18. The van der Waals surface area contributed by atoms with Crippen molar-refractivity contribution in [1.29, 1.82) is 5.26 Å². The van der Waals surface area contributed by atoms with Gasteiger partial charge in [-0.15, -0.1) is 0 Å². The fourth-order valence-corrected chi connectivity index (χ4v) is 1.38. The van der Waals surface area contributed by atoms with Crippen LogP contribution in [-0.4, -0.2) is 22.5 Å². The molecule has 0 amide bonds. The van der Waals surface area contributed by atoms with Crippen molar-refractivity contribution < 1.29 is 14.5 Å². The first kappa shape index (κ1) is 13.6. The summed E-state index contributed by atoms with van der Waals surface area (Å²) in [5, 5.41) is 19.5. The molecule has 7 heteroatoms. The lowest BCUT2D eigenvalue weighted by atomic mass is 10.0. The predicted octanol–water partition coefficient (Wildman–Crippen LogP) is 1.47. The molecule has 94 valence electrons. The van der Waals surface area contributed by atoms with E-state index in [1.807, 2.05) is 0 Å². The fraction of sp³-hybridized carbons (Fsp3) is 0.364. The summed E-state index contributed by atoms with van der Waals surface area (Å²) in [4.78, 5) is 25.3. The van der Waals surface area contributed by atoms with Gasteiger partial charge in [-0.3, -0.25) is 19.9 Å². The minimum Gasteiger partial charge on any atom is -0.465 e. The van der Waals surface area contributed by atoms with Crippen molar-refractivity contribution in [2.24, 2.45) is 0 Å². The number of hydrogen-bond donors (Lipinski definition) is 0. The maximum absolute atomic E-state index is 11.5. The molecule has 0 fully saturated rings. The Hall–Kier alpha value is -2.49. The van der Waals surface area contributed by atoms with Crippen LogP contribution in [0.5, 0.6) is 0 Å². The van der Waals surface area contributed by atoms with E-state index in [-0.39, 0.29) is 18.0 Å². The van der Waals surface area contributed by atoms with E-state index in [1.54, 1.807) is 13.0 Å². The van der Waals surface area contributed by atoms with Crippen molar-refractivity contribution in [3.05, 3.63) is 33.6 Å². The van der Waals surface area contributed by atoms with Gasteiger partial charge in [-0.1, -0.05) is 0 Å². The van der Waals surface area contributed by atoms with Gasteiger partial charge in [0.2, 0.25) is 0 Å². The number of esters is 1. The fourth-order valence-electron chi connectivity index (χ4n) is 1.38. The summed E-state index contributed by atoms with van der Waals surface area (Å²) < 4.78 is 4.73. The third-order valence-corrected chi connectivity index (χ3v) is 2.25. The Balaban J connectivity index is 3.10. The molecule has 18 heavy (non-hydrogen) atoms. The number of carbonyl (C=O) groups is 1. The van der Waals surface area contributed by atoms with Gasteiger partial charge in [0.25, 0.3) is 5.69 Å². The minimum absolute atomic E-state index is 0.152. The summed E-state index contributed by atoms with van der Waals surface area (Å²) in [5.41, 5.74) is 0.341. The van der Waals surface area contributed by atoms with E-state index in [1.165, 1.54) is 13.0 Å². The topological polar surface area (TPSA) is 106 Å². The molecule has 0 saturated carbocycles. The van der Waals surface area contributed by atoms with Crippen LogP contribution in [0.4, 0.5) is 5.69 Å². The predicted molar refractivity (Wildman–Crippen MR) is 60.6 cm³/mol. The molecular weight excluding hydrogens is 238 g/mol. The molecular formula is C11H11N3O4. The van der Waals surface area contributed by atoms with E-state index in [0.29, 0.717) is 5.56 Å². The summed E-state index contributed by atoms with van der Waals surface area (Å²) in [5.74, 6) is -1.87. The minimum atomic E-state index is -1.16. The number of hydrogen-bond acceptors (Lipinski definition) is 6. The third-order valence-electron chi connectivity index (χ3n) is 2.25. The molecule has 1 heterocycles. The number of nitrogens with zero attached hydrogens (tertiary/aromatic N) is 3. The lowest BCUT2D eigenvalue weighted by molar-refractivity contribution is -0.385. The maximum Gasteiger partial charge on any atom is 0.329 e. The van der Waals surface area contributed by atoms with Crippen molar-refractivity contribution in [3.8, 4) is 6.07 Å². The molecule has 0 aliphatic rings. The van der Waals surface area contributed by atoms with Crippen molar-refractivity contribution in [1.82, 2.24) is 4.98 Å². The van der Waals surface area contributed by atoms with Crippen molar-refractivity contribution in [2.45, 2.75) is 19.8 Å². The van der Waals surface area contributed by atoms with Crippen LogP contribution in [0.25, 0.3) is 0 Å². The average molecular weight is 249 g/mol. The second kappa shape index (κ2) is 5.72. The summed E-state index contributed by atoms with van der Waals surface area (Å²) in [6, 6.07) is 3.12. The highest BCUT2D eigenvalue weighted by atomic mass is 16.6. The lowest BCUT2D eigenvalue weighted by Crippen LogP contribution is -2.16. The van der Waals surface area contributed by atoms with E-state index in [0.717, 1.165) is 6.20 Å². The van der Waals surface area contributed by atoms with Crippen LogP contribution in [0.2, 0.25) is 0 Å². The SMILES string of the molecule is CCOC(=O)C(C#N)c1cc(C)c([N+](=O)[O-])cn1. The van der Waals surface area contributed by atoms with Crippen LogP contribution >= 0.6 is 0 Å². The van der Waals surface area contributed by atoms with Gasteiger partial charge in [-0.25, -0.2) is 0 Å². The Kier molecular flexibility index (Phi) is 4.32. The number of carbonyl (C=O) groups excluding carboxylic acids is 1. The normalized spacial score (nSPS) is 11.4. The number of aryl methyl sites for hydroxylation is 1. The smallest absolute Gasteiger partial charge is 0.329 e. The van der Waals surface area contributed by atoms with E-state index in [4.69, 9.17) is 10.00 Å². The largest absolute Gasteiger partial charge is 0.465 e. The number of nitro groups is 1. The first-order valence-corrected chi connectivity index (χ1v) is 5.18. The van der Waals surface area contributed by atoms with Gasteiger partial charge >= 0.3 is 5.97 Å². The zero-order valence-electron chi connectivity index (χ0n) is 9.91. The second-order valence-electron chi connectivity index (χ2n) is 3.47. The summed E-state index contributed by atoms with van der Waals surface area (Å²) in [6.45, 7) is 3.30. The second-order valence-corrected chi connectivity index (χ2v) is 3.47. The van der Waals surface area contributed by atoms with Gasteiger partial charge in [-0.05, 0) is 19.9 Å². The third kappa shape index (κ3) is 2.79. The van der Waals surface area contributed by atoms with Crippen LogP contribution in [0, 0.1) is 28.4 Å². The number of pyridine rings is 1. The highest BCUT2D eigenvalue weighted by Crippen LogP contribution is 2.21. The van der Waals surface area contributed by atoms with Gasteiger partial charge in [0, 0.05) is 5.56 Å². The molecule has 1 aromatic heterocycles. The number of nitriles is 1. The highest BCUT2D eigenvalue weighted by Gasteiger charge is 2.24. The molecule has 1 unspecified atom stereocenters. The Morgan fingerprint density at radius 1 is 1.72 bits per heavy atom. The van der Waals surface area contributed by atoms with Crippen LogP contribution in [-0.2, 0) is 9.53 Å². The Morgan fingerprint density at radius 3 is 2.83 bits per heavy atom. The maximum atomic E-state index is 11.5. The quantitative estimate of drug-likeness (QED) is 0.454. The summed E-state index contributed by atoms with van der Waals surface area (Å²) in [7, 11) is 0. The molecule has 0 N–H and O–H groups in total. The van der Waals surface area contributed by atoms with Gasteiger partial charge in [0.15, 0.2) is 5.92 Å². The summed E-state index contributed by atoms with van der Waals surface area (Å²) >= 11 is 0. The van der Waals surface area contributed by atoms with Crippen LogP contribution < -0.4 is 0 Å². The molecule has 0 spiro atoms. The standard InChI is InChI=1S/C11H11N3O4/c1-3-18-11(15)8(5-12)9-4-7(2)10(6-13-9)14(16)17/h4,6,8H,3H2,1-2H3. The molecule has 7 nitrogen and oxygen atoms in total. The van der Waals surface area contributed by atoms with E-state index in [9.17, 15) is 14.9 Å². The highest BCUT2D eigenvalue weighted by molar-refractivity contribution is 5.80. The van der Waals surface area contributed by atoms with Crippen molar-refractivity contribution in [2.75, 3.05) is 6.61 Å². The first-order chi connectivity index (χ1) is 8.51. The molecule has 0 aromatic carbocycles. The molecule has 0 aliphatic carbocycles. The van der Waals surface area contributed by atoms with Gasteiger partial charge in [0.05, 0.1) is 23.3 Å². The zero-order valence-corrected chi connectivity index (χ0v) is 9.91. The monoisotopic (exact) mass is 249 g/mol. The zero-order chi connectivity index (χ0) is 13.7. The van der Waals surface area contributed by atoms with Crippen molar-refractivity contribution >= 4 is 11.7 Å². The molecule has 1 rings (SSSR count). The number of ether oxygens (including phenoxy) is 1. The Morgan fingerprint density at radius 2 is 2.39 bits per heavy atom. The van der Waals surface area contributed by atoms with Crippen molar-refractivity contribution in [3.63, 3.8) is 0 Å². The van der Waals surface area contributed by atoms with Gasteiger partial charge in [0.1, 0.15) is 6.20 Å². The molecule has 0 saturated heterocycles. The van der Waals surface area contributed by atoms with E-state index in [2.05, 4.69) is 4.98 Å². The lowest BCUT2D eigenvalue weighted by Gasteiger charge is -2.08. The molecule has 0 radical (unpaired) electrons. The molecule has 0 bridgehead atoms. The summed E-state index contributed by atoms with van der Waals surface area (Å²) in [6.07, 6.45) is 1.04. The number of aromatic nitrogens is 1. The Labute approximate surface area is 103 Å². The molecule has 1 atom stereocenters. The van der Waals surface area contributed by atoms with Crippen LogP contribution in [0.1, 0.15) is 24.1 Å². The molecule has 1 aromatic rings. The van der Waals surface area contributed by atoms with Gasteiger partial charge in [-0.2, -0.15) is 5.26 Å². The van der Waals surface area contributed by atoms with Gasteiger partial charge < -0.3 is 4.74 Å².